The third-order valence-electron chi connectivity index (χ3n) is 4.05. The molecular formula is C12H20N2O3. The van der Waals surface area contributed by atoms with Crippen molar-refractivity contribution in [2.45, 2.75) is 38.3 Å². The topological polar surface area (TPSA) is 60.9 Å². The van der Waals surface area contributed by atoms with Gasteiger partial charge in [-0.2, -0.15) is 0 Å². The second kappa shape index (κ2) is 4.74. The molecule has 2 aliphatic rings. The largest absolute Gasteiger partial charge is 0.393 e. The maximum atomic E-state index is 11.8. The van der Waals surface area contributed by atoms with Crippen molar-refractivity contribution in [3.63, 3.8) is 0 Å². The Morgan fingerprint density at radius 1 is 1.29 bits per heavy atom. The molecule has 2 aliphatic heterocycles. The number of aliphatic hydroxyl groups excluding tert-OH is 1. The maximum Gasteiger partial charge on any atom is 0.246 e. The predicted molar refractivity (Wildman–Crippen MR) is 62.2 cm³/mol. The van der Waals surface area contributed by atoms with Crippen LogP contribution in [0.15, 0.2) is 0 Å². The van der Waals surface area contributed by atoms with Gasteiger partial charge in [-0.05, 0) is 38.8 Å². The smallest absolute Gasteiger partial charge is 0.246 e. The highest BCUT2D eigenvalue weighted by Crippen LogP contribution is 2.25. The van der Waals surface area contributed by atoms with Crippen molar-refractivity contribution in [2.24, 2.45) is 5.92 Å². The van der Waals surface area contributed by atoms with Gasteiger partial charge in [0.05, 0.1) is 18.6 Å². The van der Waals surface area contributed by atoms with Crippen molar-refractivity contribution >= 4 is 11.8 Å². The highest BCUT2D eigenvalue weighted by Gasteiger charge is 2.40. The van der Waals surface area contributed by atoms with Crippen LogP contribution >= 0.6 is 0 Å². The van der Waals surface area contributed by atoms with Crippen LogP contribution in [0.2, 0.25) is 0 Å². The van der Waals surface area contributed by atoms with E-state index < -0.39 is 0 Å². The van der Waals surface area contributed by atoms with Gasteiger partial charge in [-0.1, -0.05) is 0 Å². The molecule has 96 valence electrons. The normalized spacial score (nSPS) is 30.1. The molecule has 2 heterocycles. The minimum Gasteiger partial charge on any atom is -0.393 e. The number of rotatable bonds is 2. The molecule has 1 N–H and O–H groups in total. The van der Waals surface area contributed by atoms with E-state index in [-0.39, 0.29) is 24.0 Å². The third kappa shape index (κ3) is 2.35. The molecule has 0 spiro atoms. The van der Waals surface area contributed by atoms with Gasteiger partial charge in [0.2, 0.25) is 11.8 Å². The van der Waals surface area contributed by atoms with E-state index in [1.807, 2.05) is 6.92 Å². The van der Waals surface area contributed by atoms with Gasteiger partial charge in [-0.15, -0.1) is 0 Å². The fraction of sp³-hybridized carbons (Fsp3) is 0.833. The van der Waals surface area contributed by atoms with Crippen LogP contribution in [0.3, 0.4) is 0 Å². The molecule has 17 heavy (non-hydrogen) atoms. The van der Waals surface area contributed by atoms with Crippen molar-refractivity contribution in [3.05, 3.63) is 0 Å². The van der Waals surface area contributed by atoms with Gasteiger partial charge < -0.3 is 5.11 Å². The lowest BCUT2D eigenvalue weighted by Gasteiger charge is -2.35. The average Bonchev–Trinajstić information content (AvgIpc) is 2.57. The highest BCUT2D eigenvalue weighted by molar-refractivity contribution is 6.05. The third-order valence-corrected chi connectivity index (χ3v) is 4.05. The monoisotopic (exact) mass is 240 g/mol. The molecule has 2 fully saturated rings. The number of piperidine rings is 1. The summed E-state index contributed by atoms with van der Waals surface area (Å²) in [6, 6.07) is -0.262. The minimum atomic E-state index is -0.277. The number of hydrogen-bond acceptors (Lipinski definition) is 4. The standard InChI is InChI=1S/C12H20N2O3/c1-8(15)9-3-5-14(6-4-9)10-7-11(16)13(2)12(10)17/h8-10,15H,3-7H2,1-2H3. The molecule has 2 amide bonds. The number of likely N-dealkylation sites (N-methyl/N-ethyl adjacent to an activating group) is 1. The summed E-state index contributed by atoms with van der Waals surface area (Å²) in [5.74, 6) is 0.166. The number of imide groups is 1. The Morgan fingerprint density at radius 3 is 2.29 bits per heavy atom. The Balaban J connectivity index is 1.94. The molecular weight excluding hydrogens is 220 g/mol. The molecule has 2 atom stereocenters. The molecule has 0 saturated carbocycles. The first-order valence-corrected chi connectivity index (χ1v) is 6.23. The van der Waals surface area contributed by atoms with Crippen molar-refractivity contribution in [1.82, 2.24) is 9.80 Å². The molecule has 2 saturated heterocycles. The van der Waals surface area contributed by atoms with E-state index in [4.69, 9.17) is 0 Å². The predicted octanol–water partition coefficient (Wildman–Crippen LogP) is -0.163. The molecule has 2 rings (SSSR count). The first kappa shape index (κ1) is 12.5. The number of amides is 2. The first-order valence-electron chi connectivity index (χ1n) is 6.23. The Labute approximate surface area is 101 Å². The molecule has 0 aliphatic carbocycles. The van der Waals surface area contributed by atoms with Gasteiger partial charge in [-0.25, -0.2) is 0 Å². The lowest BCUT2D eigenvalue weighted by atomic mass is 9.91. The molecule has 0 aromatic rings. The van der Waals surface area contributed by atoms with E-state index in [0.29, 0.717) is 12.3 Å². The van der Waals surface area contributed by atoms with E-state index in [9.17, 15) is 14.7 Å². The molecule has 2 unspecified atom stereocenters. The number of hydrogen-bond donors (Lipinski definition) is 1. The highest BCUT2D eigenvalue weighted by atomic mass is 16.3. The molecule has 0 radical (unpaired) electrons. The van der Waals surface area contributed by atoms with E-state index >= 15 is 0 Å². The number of carbonyl (C=O) groups excluding carboxylic acids is 2. The summed E-state index contributed by atoms with van der Waals surface area (Å²) in [6.07, 6.45) is 1.84. The van der Waals surface area contributed by atoms with Crippen LogP contribution in [-0.4, -0.2) is 59.0 Å². The number of nitrogens with zero attached hydrogens (tertiary/aromatic N) is 2. The summed E-state index contributed by atoms with van der Waals surface area (Å²) < 4.78 is 0. The van der Waals surface area contributed by atoms with Crippen molar-refractivity contribution in [1.29, 1.82) is 0 Å². The molecule has 0 bridgehead atoms. The summed E-state index contributed by atoms with van der Waals surface area (Å²) in [7, 11) is 1.55. The fourth-order valence-corrected chi connectivity index (χ4v) is 2.73. The summed E-state index contributed by atoms with van der Waals surface area (Å²) in [5.41, 5.74) is 0. The molecule has 5 nitrogen and oxygen atoms in total. The number of likely N-dealkylation sites (tertiary alicyclic amines) is 2. The molecule has 0 aromatic carbocycles. The van der Waals surface area contributed by atoms with Gasteiger partial charge in [-0.3, -0.25) is 19.4 Å². The quantitative estimate of drug-likeness (QED) is 0.681. The van der Waals surface area contributed by atoms with Crippen LogP contribution < -0.4 is 0 Å². The average molecular weight is 240 g/mol. The zero-order valence-corrected chi connectivity index (χ0v) is 10.4. The van der Waals surface area contributed by atoms with Gasteiger partial charge in [0.25, 0.3) is 0 Å². The van der Waals surface area contributed by atoms with Crippen LogP contribution in [0.25, 0.3) is 0 Å². The number of carbonyl (C=O) groups is 2. The summed E-state index contributed by atoms with van der Waals surface area (Å²) in [6.45, 7) is 3.42. The van der Waals surface area contributed by atoms with E-state index in [2.05, 4.69) is 4.90 Å². The second-order valence-electron chi connectivity index (χ2n) is 5.12. The Hall–Kier alpha value is -0.940. The van der Waals surface area contributed by atoms with E-state index in [0.717, 1.165) is 25.9 Å². The zero-order valence-electron chi connectivity index (χ0n) is 10.4. The summed E-state index contributed by atoms with van der Waals surface area (Å²) >= 11 is 0. The van der Waals surface area contributed by atoms with Gasteiger partial charge in [0.15, 0.2) is 0 Å². The minimum absolute atomic E-state index is 0.0782. The summed E-state index contributed by atoms with van der Waals surface area (Å²) in [5, 5.41) is 9.52. The Bertz CT molecular complexity index is 322. The number of aliphatic hydroxyl groups is 1. The van der Waals surface area contributed by atoms with E-state index in [1.165, 1.54) is 4.90 Å². The fourth-order valence-electron chi connectivity index (χ4n) is 2.73. The zero-order chi connectivity index (χ0) is 12.6. The van der Waals surface area contributed by atoms with Crippen LogP contribution in [0, 0.1) is 5.92 Å². The van der Waals surface area contributed by atoms with Crippen molar-refractivity contribution < 1.29 is 14.7 Å². The lowest BCUT2D eigenvalue weighted by molar-refractivity contribution is -0.138. The Kier molecular flexibility index (Phi) is 3.49. The SMILES string of the molecule is CC(O)C1CCN(C2CC(=O)N(C)C2=O)CC1. The Morgan fingerprint density at radius 2 is 1.88 bits per heavy atom. The maximum absolute atomic E-state index is 11.8. The van der Waals surface area contributed by atoms with Crippen LogP contribution in [0.5, 0.6) is 0 Å². The van der Waals surface area contributed by atoms with Crippen LogP contribution in [0.1, 0.15) is 26.2 Å². The van der Waals surface area contributed by atoms with Crippen molar-refractivity contribution in [3.8, 4) is 0 Å². The van der Waals surface area contributed by atoms with E-state index in [1.54, 1.807) is 7.05 Å². The second-order valence-corrected chi connectivity index (χ2v) is 5.12. The first-order chi connectivity index (χ1) is 8.00. The summed E-state index contributed by atoms with van der Waals surface area (Å²) in [4.78, 5) is 26.6. The van der Waals surface area contributed by atoms with Gasteiger partial charge in [0.1, 0.15) is 0 Å². The molecule has 0 aromatic heterocycles. The van der Waals surface area contributed by atoms with Gasteiger partial charge in [0, 0.05) is 7.05 Å². The van der Waals surface area contributed by atoms with Crippen molar-refractivity contribution in [2.75, 3.05) is 20.1 Å². The van der Waals surface area contributed by atoms with Gasteiger partial charge >= 0.3 is 0 Å². The molecule has 5 heteroatoms. The van der Waals surface area contributed by atoms with Crippen LogP contribution in [-0.2, 0) is 9.59 Å². The van der Waals surface area contributed by atoms with Crippen LogP contribution in [0.4, 0.5) is 0 Å². The lowest BCUT2D eigenvalue weighted by Crippen LogP contribution is -2.46.